The molecule has 0 spiro atoms. The van der Waals surface area contributed by atoms with Gasteiger partial charge in [-0.15, -0.1) is 0 Å². The van der Waals surface area contributed by atoms with Gasteiger partial charge in [0.2, 0.25) is 5.78 Å². The molecule has 1 N–H and O–H groups in total. The first-order valence-corrected chi connectivity index (χ1v) is 9.16. The number of ketones is 2. The molecule has 5 aliphatic rings. The van der Waals surface area contributed by atoms with Gasteiger partial charge in [0, 0.05) is 39.9 Å². The topological polar surface area (TPSA) is 80.0 Å². The summed E-state index contributed by atoms with van der Waals surface area (Å²) in [6.45, 7) is 4.15. The van der Waals surface area contributed by atoms with Crippen LogP contribution in [0.15, 0.2) is 21.8 Å². The molecule has 2 heterocycles. The van der Waals surface area contributed by atoms with Crippen molar-refractivity contribution in [2.75, 3.05) is 0 Å². The third kappa shape index (κ3) is 1.35. The highest BCUT2D eigenvalue weighted by Crippen LogP contribution is 2.65. The monoisotopic (exact) mass is 340 g/mol. The minimum Gasteiger partial charge on any atom is -0.460 e. The fourth-order valence-electron chi connectivity index (χ4n) is 6.30. The van der Waals surface area contributed by atoms with Crippen LogP contribution < -0.4 is 0 Å². The Morgan fingerprint density at radius 2 is 2.04 bits per heavy atom. The van der Waals surface area contributed by atoms with E-state index in [1.54, 1.807) is 0 Å². The standard InChI is InChI=1S/C20H20O5/c1-19-6-5-10-12(9(19)3-4-11(19)21)15(23)16-13-8(7-24-16)14(22)17-18(25-17)20(10,13)2/h7,9,14,17-18,22H,3-6H2,1-2H3/t9-,14+,17-,18?,19-,20+/m0/s1. The van der Waals surface area contributed by atoms with Gasteiger partial charge in [0.15, 0.2) is 5.76 Å². The van der Waals surface area contributed by atoms with E-state index in [1.807, 2.05) is 6.92 Å². The number of allylic oxidation sites excluding steroid dienone is 1. The van der Waals surface area contributed by atoms with E-state index in [9.17, 15) is 14.7 Å². The highest BCUT2D eigenvalue weighted by Gasteiger charge is 2.68. The maximum Gasteiger partial charge on any atom is 0.224 e. The van der Waals surface area contributed by atoms with Gasteiger partial charge in [0.1, 0.15) is 24.1 Å². The quantitative estimate of drug-likeness (QED) is 0.734. The molecule has 130 valence electrons. The molecule has 1 aromatic heterocycles. The van der Waals surface area contributed by atoms with Crippen molar-refractivity contribution in [3.63, 3.8) is 0 Å². The summed E-state index contributed by atoms with van der Waals surface area (Å²) in [6.07, 6.45) is 3.32. The number of furan rings is 1. The van der Waals surface area contributed by atoms with Gasteiger partial charge in [-0.3, -0.25) is 9.59 Å². The maximum absolute atomic E-state index is 13.3. The molecule has 2 fully saturated rings. The van der Waals surface area contributed by atoms with Crippen LogP contribution in [-0.2, 0) is 14.9 Å². The summed E-state index contributed by atoms with van der Waals surface area (Å²) in [5, 5.41) is 10.5. The van der Waals surface area contributed by atoms with E-state index in [0.717, 1.165) is 36.0 Å². The van der Waals surface area contributed by atoms with Crippen LogP contribution in [0.25, 0.3) is 0 Å². The summed E-state index contributed by atoms with van der Waals surface area (Å²) in [5.41, 5.74) is 2.63. The Balaban J connectivity index is 1.64. The molecule has 0 radical (unpaired) electrons. The highest BCUT2D eigenvalue weighted by atomic mass is 16.6. The average molecular weight is 340 g/mol. The van der Waals surface area contributed by atoms with E-state index in [1.165, 1.54) is 6.26 Å². The molecule has 5 nitrogen and oxygen atoms in total. The summed E-state index contributed by atoms with van der Waals surface area (Å²) in [4.78, 5) is 25.8. The number of epoxide rings is 1. The third-order valence-electron chi connectivity index (χ3n) is 7.78. The predicted molar refractivity (Wildman–Crippen MR) is 86.1 cm³/mol. The van der Waals surface area contributed by atoms with Crippen LogP contribution in [-0.4, -0.2) is 28.9 Å². The number of carbonyl (C=O) groups excluding carboxylic acids is 2. The first-order chi connectivity index (χ1) is 11.9. The van der Waals surface area contributed by atoms with Crippen molar-refractivity contribution in [1.82, 2.24) is 0 Å². The number of fused-ring (bicyclic) bond motifs is 5. The molecule has 1 saturated heterocycles. The van der Waals surface area contributed by atoms with Gasteiger partial charge in [-0.2, -0.15) is 0 Å². The smallest absolute Gasteiger partial charge is 0.224 e. The van der Waals surface area contributed by atoms with E-state index < -0.39 is 16.9 Å². The van der Waals surface area contributed by atoms with Crippen LogP contribution in [0, 0.1) is 11.3 Å². The Hall–Kier alpha value is -1.72. The van der Waals surface area contributed by atoms with Crippen molar-refractivity contribution in [2.45, 2.75) is 63.3 Å². The lowest BCUT2D eigenvalue weighted by Crippen LogP contribution is -2.47. The lowest BCUT2D eigenvalue weighted by Gasteiger charge is -2.46. The van der Waals surface area contributed by atoms with Crippen LogP contribution in [0.1, 0.15) is 67.3 Å². The lowest BCUT2D eigenvalue weighted by molar-refractivity contribution is -0.126. The first kappa shape index (κ1) is 14.4. The van der Waals surface area contributed by atoms with Gasteiger partial charge in [0.05, 0.1) is 6.26 Å². The zero-order valence-electron chi connectivity index (χ0n) is 14.3. The Labute approximate surface area is 145 Å². The van der Waals surface area contributed by atoms with Gasteiger partial charge in [0.25, 0.3) is 0 Å². The summed E-state index contributed by atoms with van der Waals surface area (Å²) in [7, 11) is 0. The molecule has 1 unspecified atom stereocenters. The molecule has 4 aliphatic carbocycles. The Kier molecular flexibility index (Phi) is 2.31. The Morgan fingerprint density at radius 1 is 1.24 bits per heavy atom. The molecule has 5 heteroatoms. The summed E-state index contributed by atoms with van der Waals surface area (Å²) in [6, 6.07) is 0. The zero-order valence-corrected chi connectivity index (χ0v) is 14.3. The molecule has 1 aromatic rings. The maximum atomic E-state index is 13.3. The van der Waals surface area contributed by atoms with E-state index in [-0.39, 0.29) is 29.7 Å². The van der Waals surface area contributed by atoms with Gasteiger partial charge >= 0.3 is 0 Å². The van der Waals surface area contributed by atoms with Crippen molar-refractivity contribution in [3.05, 3.63) is 34.3 Å². The molecule has 1 aliphatic heterocycles. The van der Waals surface area contributed by atoms with Gasteiger partial charge in [-0.1, -0.05) is 6.92 Å². The molecular weight excluding hydrogens is 320 g/mol. The molecular formula is C20H20O5. The minimum absolute atomic E-state index is 0.0150. The molecule has 25 heavy (non-hydrogen) atoms. The van der Waals surface area contributed by atoms with E-state index in [2.05, 4.69) is 6.92 Å². The molecule has 0 bridgehead atoms. The zero-order chi connectivity index (χ0) is 17.3. The average Bonchev–Trinajstić information content (AvgIpc) is 3.19. The number of Topliss-reactive ketones (excluding diaryl/α,β-unsaturated/α-hetero) is 2. The van der Waals surface area contributed by atoms with Crippen LogP contribution in [0.3, 0.4) is 0 Å². The van der Waals surface area contributed by atoms with Crippen LogP contribution in [0.5, 0.6) is 0 Å². The molecule has 0 amide bonds. The number of aliphatic hydroxyl groups excluding tert-OH is 1. The molecule has 0 aromatic carbocycles. The first-order valence-electron chi connectivity index (χ1n) is 9.16. The van der Waals surface area contributed by atoms with E-state index in [4.69, 9.17) is 9.15 Å². The highest BCUT2D eigenvalue weighted by molar-refractivity contribution is 6.12. The number of aliphatic hydroxyl groups is 1. The normalized spacial score (nSPS) is 46.5. The summed E-state index contributed by atoms with van der Waals surface area (Å²) < 4.78 is 11.5. The number of hydrogen-bond donors (Lipinski definition) is 1. The van der Waals surface area contributed by atoms with Crippen molar-refractivity contribution < 1.29 is 23.8 Å². The fourth-order valence-corrected chi connectivity index (χ4v) is 6.30. The lowest BCUT2D eigenvalue weighted by atomic mass is 9.54. The van der Waals surface area contributed by atoms with Gasteiger partial charge < -0.3 is 14.3 Å². The fraction of sp³-hybridized carbons (Fsp3) is 0.600. The van der Waals surface area contributed by atoms with Gasteiger partial charge in [-0.25, -0.2) is 0 Å². The van der Waals surface area contributed by atoms with E-state index >= 15 is 0 Å². The van der Waals surface area contributed by atoms with Crippen molar-refractivity contribution >= 4 is 11.6 Å². The second-order valence-corrected chi connectivity index (χ2v) is 8.72. The summed E-state index contributed by atoms with van der Waals surface area (Å²) >= 11 is 0. The third-order valence-corrected chi connectivity index (χ3v) is 7.78. The van der Waals surface area contributed by atoms with Crippen LogP contribution in [0.4, 0.5) is 0 Å². The van der Waals surface area contributed by atoms with Crippen molar-refractivity contribution in [2.24, 2.45) is 11.3 Å². The SMILES string of the molecule is C[C@@]12C3=C(C(=O)c4occ(c41)[C@@H](O)[C@@H]1OC12)[C@@H]1CCC(=O)[C@@]1(C)CC3. The predicted octanol–water partition coefficient (Wildman–Crippen LogP) is 2.62. The van der Waals surface area contributed by atoms with Crippen molar-refractivity contribution in [3.8, 4) is 0 Å². The largest absolute Gasteiger partial charge is 0.460 e. The minimum atomic E-state index is -0.720. The van der Waals surface area contributed by atoms with Crippen LogP contribution >= 0.6 is 0 Å². The number of hydrogen-bond acceptors (Lipinski definition) is 5. The molecule has 6 atom stereocenters. The van der Waals surface area contributed by atoms with Gasteiger partial charge in [-0.05, 0) is 31.8 Å². The molecule has 1 saturated carbocycles. The Bertz CT molecular complexity index is 907. The second kappa shape index (κ2) is 3.99. The summed E-state index contributed by atoms with van der Waals surface area (Å²) in [5.74, 6) is 0.546. The number of rotatable bonds is 0. The van der Waals surface area contributed by atoms with Crippen molar-refractivity contribution in [1.29, 1.82) is 0 Å². The van der Waals surface area contributed by atoms with Crippen LogP contribution in [0.2, 0.25) is 0 Å². The Morgan fingerprint density at radius 3 is 2.84 bits per heavy atom. The number of carbonyl (C=O) groups is 2. The molecule has 6 rings (SSSR count). The number of ether oxygens (including phenoxy) is 1. The second-order valence-electron chi connectivity index (χ2n) is 8.72. The van der Waals surface area contributed by atoms with E-state index in [0.29, 0.717) is 17.7 Å².